The predicted octanol–water partition coefficient (Wildman–Crippen LogP) is 7.41. The van der Waals surface area contributed by atoms with Gasteiger partial charge in [-0.15, -0.1) is 0 Å². The number of aromatic amines is 1. The maximum atomic E-state index is 12.3. The molecule has 0 aliphatic rings. The minimum atomic E-state index is 0.129. The molecule has 1 N–H and O–H groups in total. The molecule has 166 valence electrons. The van der Waals surface area contributed by atoms with Gasteiger partial charge in [-0.05, 0) is 18.4 Å². The molecule has 30 heavy (non-hydrogen) atoms. The van der Waals surface area contributed by atoms with Gasteiger partial charge in [-0.25, -0.2) is 4.98 Å². The highest BCUT2D eigenvalue weighted by Crippen LogP contribution is 2.16. The first-order valence-corrected chi connectivity index (χ1v) is 12.9. The van der Waals surface area contributed by atoms with Gasteiger partial charge in [-0.3, -0.25) is 9.89 Å². The van der Waals surface area contributed by atoms with E-state index in [2.05, 4.69) is 34.2 Å². The van der Waals surface area contributed by atoms with Crippen molar-refractivity contribution in [2.24, 2.45) is 0 Å². The summed E-state index contributed by atoms with van der Waals surface area (Å²) >= 11 is 1.39. The van der Waals surface area contributed by atoms with Crippen LogP contribution in [0.25, 0.3) is 0 Å². The van der Waals surface area contributed by atoms with Crippen LogP contribution in [-0.2, 0) is 6.42 Å². The number of nitrogens with one attached hydrogen (secondary N) is 1. The van der Waals surface area contributed by atoms with Crippen LogP contribution < -0.4 is 0 Å². The van der Waals surface area contributed by atoms with Gasteiger partial charge >= 0.3 is 0 Å². The molecule has 1 aromatic carbocycles. The summed E-state index contributed by atoms with van der Waals surface area (Å²) in [5, 5.41) is 7.24. The maximum Gasteiger partial charge on any atom is 0.183 e. The van der Waals surface area contributed by atoms with Gasteiger partial charge in [-0.2, -0.15) is 5.10 Å². The summed E-state index contributed by atoms with van der Waals surface area (Å²) in [6, 6.07) is 8.13. The molecule has 0 aliphatic heterocycles. The van der Waals surface area contributed by atoms with Crippen LogP contribution >= 0.6 is 11.8 Å². The number of thioether (sulfide) groups is 1. The molecule has 5 heteroatoms. The highest BCUT2D eigenvalue weighted by Gasteiger charge is 2.08. The fraction of sp³-hybridized carbons (Fsp3) is 0.640. The molecule has 1 aromatic heterocycles. The van der Waals surface area contributed by atoms with Crippen LogP contribution in [0.2, 0.25) is 0 Å². The molecule has 1 heterocycles. The quantitative estimate of drug-likeness (QED) is 0.152. The number of carbonyl (C=O) groups excluding carboxylic acids is 1. The van der Waals surface area contributed by atoms with E-state index in [1.807, 2.05) is 12.1 Å². The number of H-pyrrole nitrogens is 1. The lowest BCUT2D eigenvalue weighted by atomic mass is 10.0. The smallest absolute Gasteiger partial charge is 0.183 e. The van der Waals surface area contributed by atoms with Gasteiger partial charge in [0.15, 0.2) is 10.9 Å². The van der Waals surface area contributed by atoms with Crippen molar-refractivity contribution in [3.63, 3.8) is 0 Å². The zero-order chi connectivity index (χ0) is 21.3. The summed E-state index contributed by atoms with van der Waals surface area (Å²) in [7, 11) is 0. The van der Waals surface area contributed by atoms with Crippen molar-refractivity contribution in [1.82, 2.24) is 15.2 Å². The van der Waals surface area contributed by atoms with E-state index in [-0.39, 0.29) is 5.78 Å². The Bertz CT molecular complexity index is 670. The fourth-order valence-corrected chi connectivity index (χ4v) is 4.36. The number of aryl methyl sites for hydroxylation is 1. The molecular formula is C25H39N3OS. The lowest BCUT2D eigenvalue weighted by molar-refractivity contribution is 0.102. The molecule has 0 radical (unpaired) electrons. The van der Waals surface area contributed by atoms with Crippen molar-refractivity contribution in [2.45, 2.75) is 102 Å². The Labute approximate surface area is 187 Å². The molecule has 0 aliphatic carbocycles. The average Bonchev–Trinajstić information content (AvgIpc) is 3.29. The average molecular weight is 430 g/mol. The van der Waals surface area contributed by atoms with Crippen molar-refractivity contribution in [3.05, 3.63) is 41.7 Å². The van der Waals surface area contributed by atoms with Gasteiger partial charge in [-0.1, -0.05) is 120 Å². The second kappa shape index (κ2) is 16.1. The van der Waals surface area contributed by atoms with E-state index in [1.165, 1.54) is 107 Å². The lowest BCUT2D eigenvalue weighted by Crippen LogP contribution is -2.02. The second-order valence-electron chi connectivity index (χ2n) is 8.19. The van der Waals surface area contributed by atoms with Crippen molar-refractivity contribution in [2.75, 3.05) is 5.75 Å². The topological polar surface area (TPSA) is 58.6 Å². The first-order valence-electron chi connectivity index (χ1n) is 11.9. The van der Waals surface area contributed by atoms with E-state index in [4.69, 9.17) is 0 Å². The number of rotatable bonds is 18. The fourth-order valence-electron chi connectivity index (χ4n) is 3.69. The third kappa shape index (κ3) is 11.0. The molecule has 0 fully saturated rings. The molecule has 0 saturated heterocycles. The van der Waals surface area contributed by atoms with Crippen LogP contribution in [0.4, 0.5) is 0 Å². The van der Waals surface area contributed by atoms with Gasteiger partial charge in [0, 0.05) is 5.56 Å². The number of benzene rings is 1. The molecule has 4 nitrogen and oxygen atoms in total. The van der Waals surface area contributed by atoms with Crippen LogP contribution in [0.5, 0.6) is 0 Å². The van der Waals surface area contributed by atoms with Crippen LogP contribution in [0.15, 0.2) is 35.7 Å². The SMILES string of the molecule is CCCCCCCCCCCCCCCc1ccc(C(=O)CSc2ncn[nH]2)cc1. The van der Waals surface area contributed by atoms with Crippen LogP contribution in [0, 0.1) is 0 Å². The molecule has 2 aromatic rings. The summed E-state index contributed by atoms with van der Waals surface area (Å²) in [6.45, 7) is 2.28. The number of aromatic nitrogens is 3. The molecule has 0 spiro atoms. The number of nitrogens with zero attached hydrogens (tertiary/aromatic N) is 2. The number of hydrogen-bond acceptors (Lipinski definition) is 4. The van der Waals surface area contributed by atoms with E-state index in [0.29, 0.717) is 10.9 Å². The zero-order valence-corrected chi connectivity index (χ0v) is 19.5. The Balaban J connectivity index is 1.45. The van der Waals surface area contributed by atoms with Gasteiger partial charge in [0.05, 0.1) is 5.75 Å². The Morgan fingerprint density at radius 3 is 1.93 bits per heavy atom. The highest BCUT2D eigenvalue weighted by molar-refractivity contribution is 7.99. The number of unbranched alkanes of at least 4 members (excludes halogenated alkanes) is 12. The van der Waals surface area contributed by atoms with E-state index >= 15 is 0 Å². The summed E-state index contributed by atoms with van der Waals surface area (Å²) < 4.78 is 0. The lowest BCUT2D eigenvalue weighted by Gasteiger charge is -2.05. The first kappa shape index (κ1) is 24.6. The normalized spacial score (nSPS) is 11.1. The van der Waals surface area contributed by atoms with Crippen molar-refractivity contribution in [3.8, 4) is 0 Å². The Kier molecular flexibility index (Phi) is 13.2. The molecule has 0 saturated carbocycles. The molecule has 2 rings (SSSR count). The van der Waals surface area contributed by atoms with Crippen LogP contribution in [0.3, 0.4) is 0 Å². The largest absolute Gasteiger partial charge is 0.293 e. The Morgan fingerprint density at radius 1 is 0.833 bits per heavy atom. The van der Waals surface area contributed by atoms with E-state index in [1.54, 1.807) is 0 Å². The third-order valence-corrected chi connectivity index (χ3v) is 6.45. The molecule has 0 bridgehead atoms. The van der Waals surface area contributed by atoms with E-state index in [9.17, 15) is 4.79 Å². The second-order valence-corrected chi connectivity index (χ2v) is 9.16. The van der Waals surface area contributed by atoms with Gasteiger partial charge in [0.2, 0.25) is 0 Å². The predicted molar refractivity (Wildman–Crippen MR) is 127 cm³/mol. The molecule has 0 atom stereocenters. The number of carbonyl (C=O) groups is 1. The van der Waals surface area contributed by atoms with Gasteiger partial charge < -0.3 is 0 Å². The Morgan fingerprint density at radius 2 is 1.40 bits per heavy atom. The third-order valence-electron chi connectivity index (χ3n) is 5.58. The Hall–Kier alpha value is -1.62. The monoisotopic (exact) mass is 429 g/mol. The minimum absolute atomic E-state index is 0.129. The maximum absolute atomic E-state index is 12.3. The molecule has 0 unspecified atom stereocenters. The first-order chi connectivity index (χ1) is 14.8. The molecular weight excluding hydrogens is 390 g/mol. The summed E-state index contributed by atoms with van der Waals surface area (Å²) in [4.78, 5) is 16.3. The van der Waals surface area contributed by atoms with Crippen molar-refractivity contribution in [1.29, 1.82) is 0 Å². The summed E-state index contributed by atoms with van der Waals surface area (Å²) in [5.74, 6) is 0.511. The van der Waals surface area contributed by atoms with Crippen molar-refractivity contribution < 1.29 is 4.79 Å². The summed E-state index contributed by atoms with van der Waals surface area (Å²) in [5.41, 5.74) is 2.11. The standard InChI is InChI=1S/C25H39N3OS/c1-2-3-4-5-6-7-8-9-10-11-12-13-14-15-22-16-18-23(19-17-22)24(29)20-30-25-26-21-27-28-25/h16-19,21H,2-15,20H2,1H3,(H,26,27,28). The van der Waals surface area contributed by atoms with Crippen molar-refractivity contribution >= 4 is 17.5 Å². The van der Waals surface area contributed by atoms with Gasteiger partial charge in [0.25, 0.3) is 0 Å². The van der Waals surface area contributed by atoms with Gasteiger partial charge in [0.1, 0.15) is 6.33 Å². The minimum Gasteiger partial charge on any atom is -0.293 e. The number of ketones is 1. The summed E-state index contributed by atoms with van der Waals surface area (Å²) in [6.07, 6.45) is 20.6. The van der Waals surface area contributed by atoms with Crippen LogP contribution in [0.1, 0.15) is 106 Å². The number of Topliss-reactive ketones (excluding diaryl/α,β-unsaturated/α-hetero) is 1. The van der Waals surface area contributed by atoms with E-state index < -0.39 is 0 Å². The zero-order valence-electron chi connectivity index (χ0n) is 18.7. The highest BCUT2D eigenvalue weighted by atomic mass is 32.2. The molecule has 0 amide bonds. The number of hydrogen-bond donors (Lipinski definition) is 1. The van der Waals surface area contributed by atoms with Crippen LogP contribution in [-0.4, -0.2) is 26.7 Å². The van der Waals surface area contributed by atoms with E-state index in [0.717, 1.165) is 12.0 Å².